The second-order valence-corrected chi connectivity index (χ2v) is 16.1. The van der Waals surface area contributed by atoms with Gasteiger partial charge in [0.25, 0.3) is 30.4 Å². The van der Waals surface area contributed by atoms with Crippen molar-refractivity contribution in [1.29, 1.82) is 0 Å². The molecule has 12 nitrogen and oxygen atoms in total. The van der Waals surface area contributed by atoms with Gasteiger partial charge < -0.3 is 14.2 Å². The van der Waals surface area contributed by atoms with Crippen molar-refractivity contribution in [2.75, 3.05) is 6.61 Å². The average molecular weight is 683 g/mol. The summed E-state index contributed by atoms with van der Waals surface area (Å²) in [7, 11) is -13.5. The Morgan fingerprint density at radius 1 is 0.667 bits per heavy atom. The molecule has 0 spiro atoms. The molecule has 0 saturated carbocycles. The monoisotopic (exact) mass is 682 g/mol. The highest BCUT2D eigenvalue weighted by Gasteiger charge is 2.59. The predicted octanol–water partition coefficient (Wildman–Crippen LogP) is 3.74. The molecule has 5 atom stereocenters. The van der Waals surface area contributed by atoms with E-state index >= 15 is 0 Å². The minimum Gasteiger partial charge on any atom is -0.341 e. The molecule has 1 unspecified atom stereocenters. The number of benzene rings is 3. The number of fused-ring (bicyclic) bond motifs is 1. The number of hydrogen-bond acceptors (Lipinski definition) is 12. The number of rotatable bonds is 11. The van der Waals surface area contributed by atoms with Crippen molar-refractivity contribution in [3.63, 3.8) is 0 Å². The Morgan fingerprint density at radius 2 is 1.11 bits per heavy atom. The highest BCUT2D eigenvalue weighted by molar-refractivity contribution is 7.87. The first-order valence-corrected chi connectivity index (χ1v) is 18.2. The van der Waals surface area contributed by atoms with Crippen LogP contribution in [0.4, 0.5) is 0 Å². The van der Waals surface area contributed by atoms with E-state index < -0.39 is 73.5 Å². The molecule has 2 fully saturated rings. The lowest BCUT2D eigenvalue weighted by Crippen LogP contribution is -2.47. The van der Waals surface area contributed by atoms with E-state index in [0.717, 1.165) is 16.7 Å². The lowest BCUT2D eigenvalue weighted by Gasteiger charge is -2.30. The van der Waals surface area contributed by atoms with Gasteiger partial charge in [0.1, 0.15) is 24.4 Å². The van der Waals surface area contributed by atoms with E-state index in [1.807, 2.05) is 0 Å². The zero-order chi connectivity index (χ0) is 32.8. The highest BCUT2D eigenvalue weighted by Crippen LogP contribution is 2.42. The van der Waals surface area contributed by atoms with E-state index in [2.05, 4.69) is 0 Å². The summed E-state index contributed by atoms with van der Waals surface area (Å²) in [5.74, 6) is -1.20. The Kier molecular flexibility index (Phi) is 9.32. The minimum absolute atomic E-state index is 0.170. The first kappa shape index (κ1) is 33.6. The molecule has 3 aromatic carbocycles. The number of ether oxygens (including phenoxy) is 3. The molecular weight excluding hydrogens is 649 g/mol. The van der Waals surface area contributed by atoms with Crippen LogP contribution in [-0.4, -0.2) is 68.4 Å². The maximum absolute atomic E-state index is 13.4. The Balaban J connectivity index is 1.51. The number of aryl methyl sites for hydroxylation is 3. The molecule has 244 valence electrons. The summed E-state index contributed by atoms with van der Waals surface area (Å²) in [5, 5.41) is 0. The van der Waals surface area contributed by atoms with E-state index in [4.69, 9.17) is 26.8 Å². The van der Waals surface area contributed by atoms with Crippen molar-refractivity contribution in [2.24, 2.45) is 0 Å². The standard InChI is InChI=1S/C30H34O12S3/c1-19-6-12-22(13-7-19)43(31,32)37-18-25(41-44(33,34)23-14-8-20(2)9-15-23)26-27(28-29(38-26)40-30(4,5)39-28)42-45(35,36)24-16-10-21(3)11-17-24/h6-17,25-29H,18H2,1-5H3/t25?,26-,27+,28-,29-/m1/s1. The van der Waals surface area contributed by atoms with Crippen LogP contribution in [0.5, 0.6) is 0 Å². The lowest BCUT2D eigenvalue weighted by molar-refractivity contribution is -0.223. The van der Waals surface area contributed by atoms with Gasteiger partial charge in [-0.2, -0.15) is 25.3 Å². The molecule has 0 N–H and O–H groups in total. The Morgan fingerprint density at radius 3 is 1.60 bits per heavy atom. The van der Waals surface area contributed by atoms with Crippen LogP contribution in [0.1, 0.15) is 30.5 Å². The third-order valence-electron chi connectivity index (χ3n) is 7.20. The van der Waals surface area contributed by atoms with Crippen LogP contribution >= 0.6 is 0 Å². The Hall–Kier alpha value is -2.73. The SMILES string of the molecule is Cc1ccc(S(=O)(=O)OCC(OS(=O)(=O)c2ccc(C)cc2)[C@H]2O[C@@H]3OC(C)(C)O[C@@H]3[C@H]2OS(=O)(=O)c2ccc(C)cc2)cc1. The first-order valence-electron chi connectivity index (χ1n) is 13.9. The second kappa shape index (κ2) is 12.5. The van der Waals surface area contributed by atoms with Gasteiger partial charge in [-0.1, -0.05) is 53.1 Å². The summed E-state index contributed by atoms with van der Waals surface area (Å²) in [6.45, 7) is 7.62. The maximum atomic E-state index is 13.4. The molecule has 45 heavy (non-hydrogen) atoms. The molecule has 2 heterocycles. The third-order valence-corrected chi connectivity index (χ3v) is 11.2. The first-order chi connectivity index (χ1) is 21.0. The summed E-state index contributed by atoms with van der Waals surface area (Å²) < 4.78 is 114. The number of hydrogen-bond donors (Lipinski definition) is 0. The maximum Gasteiger partial charge on any atom is 0.297 e. The lowest BCUT2D eigenvalue weighted by atomic mass is 10.1. The highest BCUT2D eigenvalue weighted by atomic mass is 32.2. The summed E-state index contributed by atoms with van der Waals surface area (Å²) >= 11 is 0. The molecule has 0 aliphatic carbocycles. The Bertz CT molecular complexity index is 1840. The van der Waals surface area contributed by atoms with Gasteiger partial charge >= 0.3 is 0 Å². The van der Waals surface area contributed by atoms with E-state index in [1.165, 1.54) is 36.4 Å². The summed E-state index contributed by atoms with van der Waals surface area (Å²) in [6.07, 6.45) is -7.19. The van der Waals surface area contributed by atoms with Gasteiger partial charge in [-0.25, -0.2) is 0 Å². The molecular formula is C30H34O12S3. The molecule has 0 radical (unpaired) electrons. The largest absolute Gasteiger partial charge is 0.341 e. The third kappa shape index (κ3) is 7.64. The van der Waals surface area contributed by atoms with Gasteiger partial charge in [0.15, 0.2) is 12.1 Å². The van der Waals surface area contributed by atoms with Gasteiger partial charge in [-0.3, -0.25) is 12.5 Å². The molecule has 0 bridgehead atoms. The summed E-state index contributed by atoms with van der Waals surface area (Å²) in [4.78, 5) is -0.576. The summed E-state index contributed by atoms with van der Waals surface area (Å²) in [5.41, 5.74) is 2.41. The van der Waals surface area contributed by atoms with Gasteiger partial charge in [0.05, 0.1) is 21.3 Å². The topological polar surface area (TPSA) is 158 Å². The van der Waals surface area contributed by atoms with Crippen molar-refractivity contribution < 1.29 is 52.0 Å². The molecule has 0 aromatic heterocycles. The van der Waals surface area contributed by atoms with Gasteiger partial charge in [0.2, 0.25) is 0 Å². The van der Waals surface area contributed by atoms with Crippen LogP contribution < -0.4 is 0 Å². The fourth-order valence-electron chi connectivity index (χ4n) is 4.85. The minimum atomic E-state index is -4.56. The molecule has 5 rings (SSSR count). The van der Waals surface area contributed by atoms with Gasteiger partial charge in [-0.15, -0.1) is 0 Å². The van der Waals surface area contributed by atoms with Crippen LogP contribution in [0.25, 0.3) is 0 Å². The summed E-state index contributed by atoms with van der Waals surface area (Å²) in [6, 6.07) is 17.5. The van der Waals surface area contributed by atoms with Crippen LogP contribution in [0.2, 0.25) is 0 Å². The van der Waals surface area contributed by atoms with Crippen molar-refractivity contribution >= 4 is 30.4 Å². The smallest absolute Gasteiger partial charge is 0.297 e. The van der Waals surface area contributed by atoms with Crippen LogP contribution in [0.15, 0.2) is 87.5 Å². The zero-order valence-corrected chi connectivity index (χ0v) is 27.6. The fourth-order valence-corrected chi connectivity index (χ4v) is 7.93. The molecule has 3 aromatic rings. The molecule has 15 heteroatoms. The van der Waals surface area contributed by atoms with Crippen molar-refractivity contribution in [2.45, 2.75) is 85.8 Å². The molecule has 2 saturated heterocycles. The molecule has 0 amide bonds. The second-order valence-electron chi connectivity index (χ2n) is 11.4. The van der Waals surface area contributed by atoms with Crippen molar-refractivity contribution in [1.82, 2.24) is 0 Å². The fraction of sp³-hybridized carbons (Fsp3) is 0.400. The quantitative estimate of drug-likeness (QED) is 0.270. The van der Waals surface area contributed by atoms with Crippen LogP contribution in [0.3, 0.4) is 0 Å². The average Bonchev–Trinajstić information content (AvgIpc) is 3.43. The van der Waals surface area contributed by atoms with Crippen molar-refractivity contribution in [3.8, 4) is 0 Å². The van der Waals surface area contributed by atoms with E-state index in [1.54, 1.807) is 71.0 Å². The Labute approximate surface area is 263 Å². The predicted molar refractivity (Wildman–Crippen MR) is 159 cm³/mol. The van der Waals surface area contributed by atoms with Crippen LogP contribution in [0, 0.1) is 20.8 Å². The van der Waals surface area contributed by atoms with Crippen molar-refractivity contribution in [3.05, 3.63) is 89.5 Å². The van der Waals surface area contributed by atoms with E-state index in [-0.39, 0.29) is 14.7 Å². The van der Waals surface area contributed by atoms with E-state index in [9.17, 15) is 25.3 Å². The van der Waals surface area contributed by atoms with Gasteiger partial charge in [0, 0.05) is 0 Å². The van der Waals surface area contributed by atoms with E-state index in [0.29, 0.717) is 0 Å². The molecule has 2 aliphatic heterocycles. The molecule has 2 aliphatic rings. The van der Waals surface area contributed by atoms with Crippen LogP contribution in [-0.2, 0) is 57.1 Å². The normalized spacial score (nSPS) is 23.9. The zero-order valence-electron chi connectivity index (χ0n) is 25.1. The van der Waals surface area contributed by atoms with Gasteiger partial charge in [-0.05, 0) is 71.0 Å².